The number of nitrogens with zero attached hydrogens (tertiary/aromatic N) is 6. The molecule has 0 N–H and O–H groups in total. The van der Waals surface area contributed by atoms with Crippen molar-refractivity contribution in [3.63, 3.8) is 0 Å². The normalized spacial score (nSPS) is 14.4. The lowest BCUT2D eigenvalue weighted by Crippen LogP contribution is -2.47. The van der Waals surface area contributed by atoms with E-state index in [4.69, 9.17) is 23.2 Å². The van der Waals surface area contributed by atoms with Gasteiger partial charge < -0.3 is 9.80 Å². The highest BCUT2D eigenvalue weighted by Crippen LogP contribution is 2.24. The second-order valence-electron chi connectivity index (χ2n) is 6.07. The molecular weight excluding hydrogens is 387 g/mol. The van der Waals surface area contributed by atoms with Gasteiger partial charge in [0.05, 0.1) is 30.0 Å². The molecular formula is C18H16Cl2N6O. The fraction of sp³-hybridized carbons (Fsp3) is 0.222. The highest BCUT2D eigenvalue weighted by Gasteiger charge is 2.22. The van der Waals surface area contributed by atoms with E-state index in [2.05, 4.69) is 24.9 Å². The second kappa shape index (κ2) is 7.54. The van der Waals surface area contributed by atoms with Crippen LogP contribution >= 0.6 is 23.2 Å². The lowest BCUT2D eigenvalue weighted by molar-refractivity contribution is 0.642. The third kappa shape index (κ3) is 3.61. The molecule has 0 atom stereocenters. The maximum absolute atomic E-state index is 12.7. The van der Waals surface area contributed by atoms with Crippen molar-refractivity contribution in [2.75, 3.05) is 36.0 Å². The molecule has 4 rings (SSSR count). The van der Waals surface area contributed by atoms with Crippen molar-refractivity contribution in [1.82, 2.24) is 19.7 Å². The van der Waals surface area contributed by atoms with Crippen LogP contribution in [0.3, 0.4) is 0 Å². The van der Waals surface area contributed by atoms with Crippen LogP contribution in [0.25, 0.3) is 5.69 Å². The number of rotatable bonds is 3. The van der Waals surface area contributed by atoms with E-state index in [9.17, 15) is 4.79 Å². The van der Waals surface area contributed by atoms with E-state index in [1.807, 2.05) is 30.3 Å². The van der Waals surface area contributed by atoms with Crippen LogP contribution in [0, 0.1) is 0 Å². The molecule has 0 radical (unpaired) electrons. The average molecular weight is 403 g/mol. The largest absolute Gasteiger partial charge is 0.365 e. The molecule has 3 aromatic rings. The number of para-hydroxylation sites is 1. The molecule has 0 amide bonds. The van der Waals surface area contributed by atoms with Gasteiger partial charge in [-0.1, -0.05) is 41.4 Å². The smallest absolute Gasteiger partial charge is 0.292 e. The molecule has 1 saturated heterocycles. The molecule has 9 heteroatoms. The van der Waals surface area contributed by atoms with Crippen LogP contribution in [-0.4, -0.2) is 45.9 Å². The Morgan fingerprint density at radius 1 is 0.889 bits per heavy atom. The van der Waals surface area contributed by atoms with Crippen LogP contribution in [0.2, 0.25) is 10.2 Å². The van der Waals surface area contributed by atoms with Crippen LogP contribution in [0.1, 0.15) is 0 Å². The monoisotopic (exact) mass is 402 g/mol. The van der Waals surface area contributed by atoms with Crippen molar-refractivity contribution >= 4 is 34.7 Å². The van der Waals surface area contributed by atoms with E-state index in [1.165, 1.54) is 10.9 Å². The zero-order valence-electron chi connectivity index (χ0n) is 14.3. The van der Waals surface area contributed by atoms with Crippen molar-refractivity contribution in [2.45, 2.75) is 0 Å². The predicted molar refractivity (Wildman–Crippen MR) is 106 cm³/mol. The minimum Gasteiger partial charge on any atom is -0.365 e. The molecule has 1 aromatic carbocycles. The first-order chi connectivity index (χ1) is 13.1. The Kier molecular flexibility index (Phi) is 4.96. The molecule has 138 valence electrons. The summed E-state index contributed by atoms with van der Waals surface area (Å²) in [5.41, 5.74) is 0.995. The van der Waals surface area contributed by atoms with E-state index >= 15 is 0 Å². The summed E-state index contributed by atoms with van der Waals surface area (Å²) in [5, 5.41) is 4.84. The van der Waals surface area contributed by atoms with E-state index in [-0.39, 0.29) is 10.6 Å². The maximum Gasteiger partial charge on any atom is 0.292 e. The van der Waals surface area contributed by atoms with Crippen LogP contribution in [-0.2, 0) is 0 Å². The van der Waals surface area contributed by atoms with Crippen molar-refractivity contribution in [1.29, 1.82) is 0 Å². The van der Waals surface area contributed by atoms with Crippen LogP contribution in [0.4, 0.5) is 11.5 Å². The van der Waals surface area contributed by atoms with Crippen LogP contribution in [0.5, 0.6) is 0 Å². The third-order valence-electron chi connectivity index (χ3n) is 4.44. The lowest BCUT2D eigenvalue weighted by Gasteiger charge is -2.36. The van der Waals surface area contributed by atoms with Gasteiger partial charge in [0.2, 0.25) is 0 Å². The molecule has 0 spiro atoms. The predicted octanol–water partition coefficient (Wildman–Crippen LogP) is 2.66. The Morgan fingerprint density at radius 2 is 1.59 bits per heavy atom. The molecule has 1 aliphatic heterocycles. The van der Waals surface area contributed by atoms with Gasteiger partial charge in [0.25, 0.3) is 5.56 Å². The Morgan fingerprint density at radius 3 is 2.30 bits per heavy atom. The van der Waals surface area contributed by atoms with Gasteiger partial charge in [0.15, 0.2) is 0 Å². The van der Waals surface area contributed by atoms with Gasteiger partial charge in [-0.15, -0.1) is 0 Å². The summed E-state index contributed by atoms with van der Waals surface area (Å²) < 4.78 is 1.31. The molecule has 0 saturated carbocycles. The van der Waals surface area contributed by atoms with Crippen molar-refractivity contribution in [3.8, 4) is 5.69 Å². The van der Waals surface area contributed by atoms with Crippen molar-refractivity contribution in [2.24, 2.45) is 0 Å². The average Bonchev–Trinajstić information content (AvgIpc) is 2.71. The molecule has 0 unspecified atom stereocenters. The Bertz CT molecular complexity index is 1000. The van der Waals surface area contributed by atoms with Gasteiger partial charge >= 0.3 is 0 Å². The minimum atomic E-state index is -0.330. The SMILES string of the molecule is O=c1c(Cl)c(N2CCN(c3cncc(Cl)n3)CC2)cnn1-c1ccccc1. The summed E-state index contributed by atoms with van der Waals surface area (Å²) in [6.45, 7) is 2.80. The number of piperazine rings is 1. The van der Waals surface area contributed by atoms with E-state index in [0.717, 1.165) is 5.82 Å². The van der Waals surface area contributed by atoms with Gasteiger partial charge in [-0.2, -0.15) is 9.78 Å². The van der Waals surface area contributed by atoms with Gasteiger partial charge in [-0.3, -0.25) is 9.78 Å². The lowest BCUT2D eigenvalue weighted by atomic mass is 10.2. The first kappa shape index (κ1) is 17.8. The first-order valence-corrected chi connectivity index (χ1v) is 9.20. The van der Waals surface area contributed by atoms with E-state index in [1.54, 1.807) is 12.4 Å². The highest BCUT2D eigenvalue weighted by molar-refractivity contribution is 6.33. The molecule has 27 heavy (non-hydrogen) atoms. The summed E-state index contributed by atoms with van der Waals surface area (Å²) in [7, 11) is 0. The third-order valence-corrected chi connectivity index (χ3v) is 4.98. The standard InChI is InChI=1S/C18H16Cl2N6O/c19-15-11-21-12-16(23-15)25-8-6-24(7-9-25)14-10-22-26(18(27)17(14)20)13-4-2-1-3-5-13/h1-5,10-12H,6-9H2. The number of anilines is 2. The molecule has 0 bridgehead atoms. The van der Waals surface area contributed by atoms with Crippen LogP contribution < -0.4 is 15.4 Å². The summed E-state index contributed by atoms with van der Waals surface area (Å²) >= 11 is 12.3. The molecule has 0 aliphatic carbocycles. The van der Waals surface area contributed by atoms with E-state index in [0.29, 0.717) is 42.7 Å². The topological polar surface area (TPSA) is 67.2 Å². The maximum atomic E-state index is 12.7. The number of hydrogen-bond acceptors (Lipinski definition) is 6. The molecule has 7 nitrogen and oxygen atoms in total. The van der Waals surface area contributed by atoms with Crippen molar-refractivity contribution < 1.29 is 0 Å². The van der Waals surface area contributed by atoms with Gasteiger partial charge in [0.1, 0.15) is 16.0 Å². The summed E-state index contributed by atoms with van der Waals surface area (Å²) in [4.78, 5) is 25.2. The minimum absolute atomic E-state index is 0.171. The number of halogens is 2. The zero-order chi connectivity index (χ0) is 18.8. The number of aromatic nitrogens is 4. The van der Waals surface area contributed by atoms with E-state index < -0.39 is 0 Å². The van der Waals surface area contributed by atoms with Gasteiger partial charge in [-0.25, -0.2) is 4.98 Å². The fourth-order valence-electron chi connectivity index (χ4n) is 3.06. The fourth-order valence-corrected chi connectivity index (χ4v) is 3.45. The van der Waals surface area contributed by atoms with Crippen molar-refractivity contribution in [3.05, 3.63) is 69.5 Å². The van der Waals surface area contributed by atoms with Crippen LogP contribution in [0.15, 0.2) is 53.7 Å². The molecule has 1 fully saturated rings. The summed E-state index contributed by atoms with van der Waals surface area (Å²) in [6, 6.07) is 9.21. The Labute approximate surface area is 165 Å². The Balaban J connectivity index is 1.53. The molecule has 3 heterocycles. The quantitative estimate of drug-likeness (QED) is 0.670. The zero-order valence-corrected chi connectivity index (χ0v) is 15.8. The number of benzene rings is 1. The number of hydrogen-bond donors (Lipinski definition) is 0. The highest BCUT2D eigenvalue weighted by atomic mass is 35.5. The molecule has 1 aliphatic rings. The second-order valence-corrected chi connectivity index (χ2v) is 6.84. The first-order valence-electron chi connectivity index (χ1n) is 8.44. The summed E-state index contributed by atoms with van der Waals surface area (Å²) in [6.07, 6.45) is 4.84. The molecule has 2 aromatic heterocycles. The Hall–Kier alpha value is -2.64. The summed E-state index contributed by atoms with van der Waals surface area (Å²) in [5.74, 6) is 0.742. The van der Waals surface area contributed by atoms with Gasteiger partial charge in [0, 0.05) is 26.2 Å². The van der Waals surface area contributed by atoms with Gasteiger partial charge in [-0.05, 0) is 12.1 Å².